The van der Waals surface area contributed by atoms with Crippen LogP contribution in [0.3, 0.4) is 0 Å². The Balaban J connectivity index is 3.03. The average Bonchev–Trinajstić information content (AvgIpc) is 2.07. The molecule has 1 aromatic carbocycles. The third-order valence-corrected chi connectivity index (χ3v) is 2.23. The lowest BCUT2D eigenvalue weighted by Gasteiger charge is -2.15. The Bertz CT molecular complexity index is 335. The molecule has 14 heavy (non-hydrogen) atoms. The van der Waals surface area contributed by atoms with E-state index >= 15 is 0 Å². The van der Waals surface area contributed by atoms with E-state index in [-0.39, 0.29) is 10.6 Å². The molecule has 0 saturated carbocycles. The van der Waals surface area contributed by atoms with E-state index in [1.165, 1.54) is 12.1 Å². The maximum atomic E-state index is 12.1. The minimum absolute atomic E-state index is 0.214. The fourth-order valence-corrected chi connectivity index (χ4v) is 1.16. The molecule has 78 valence electrons. The van der Waals surface area contributed by atoms with Crippen LogP contribution in [0.5, 0.6) is 0 Å². The Morgan fingerprint density at radius 3 is 2.36 bits per heavy atom. The van der Waals surface area contributed by atoms with Crippen molar-refractivity contribution in [3.63, 3.8) is 0 Å². The standard InChI is InChI=1S/C9H8ClF3O/c1-5-2-3-6(4-7(5)10)8(14)9(11,12)13/h2-4,8,14H,1H3. The first-order valence-corrected chi connectivity index (χ1v) is 4.21. The first-order chi connectivity index (χ1) is 6.32. The second-order valence-electron chi connectivity index (χ2n) is 2.95. The first-order valence-electron chi connectivity index (χ1n) is 3.83. The molecule has 1 rings (SSSR count). The summed E-state index contributed by atoms with van der Waals surface area (Å²) in [5.41, 5.74) is 0.429. The molecule has 1 unspecified atom stereocenters. The van der Waals surface area contributed by atoms with Crippen molar-refractivity contribution in [1.82, 2.24) is 0 Å². The Kier molecular flexibility index (Phi) is 3.07. The van der Waals surface area contributed by atoms with Crippen molar-refractivity contribution in [3.05, 3.63) is 34.3 Å². The maximum Gasteiger partial charge on any atom is 0.418 e. The molecular formula is C9H8ClF3O. The Labute approximate surface area is 84.1 Å². The summed E-state index contributed by atoms with van der Waals surface area (Å²) >= 11 is 5.63. The molecule has 0 aliphatic carbocycles. The van der Waals surface area contributed by atoms with Crippen molar-refractivity contribution < 1.29 is 18.3 Å². The van der Waals surface area contributed by atoms with E-state index < -0.39 is 12.3 Å². The van der Waals surface area contributed by atoms with Crippen LogP contribution in [0.25, 0.3) is 0 Å². The molecule has 0 aliphatic rings. The van der Waals surface area contributed by atoms with Crippen LogP contribution in [0.1, 0.15) is 17.2 Å². The summed E-state index contributed by atoms with van der Waals surface area (Å²) in [5, 5.41) is 9.10. The number of rotatable bonds is 1. The predicted octanol–water partition coefficient (Wildman–Crippen LogP) is 3.24. The van der Waals surface area contributed by atoms with Gasteiger partial charge in [-0.05, 0) is 24.1 Å². The molecule has 1 atom stereocenters. The van der Waals surface area contributed by atoms with Gasteiger partial charge in [-0.15, -0.1) is 0 Å². The van der Waals surface area contributed by atoms with E-state index in [2.05, 4.69) is 0 Å². The fourth-order valence-electron chi connectivity index (χ4n) is 0.968. The van der Waals surface area contributed by atoms with E-state index in [0.717, 1.165) is 6.07 Å². The molecule has 0 heterocycles. The predicted molar refractivity (Wildman–Crippen MR) is 47.2 cm³/mol. The largest absolute Gasteiger partial charge is 0.418 e. The zero-order valence-electron chi connectivity index (χ0n) is 7.27. The van der Waals surface area contributed by atoms with Crippen molar-refractivity contribution in [2.45, 2.75) is 19.2 Å². The topological polar surface area (TPSA) is 20.2 Å². The number of aryl methyl sites for hydroxylation is 1. The van der Waals surface area contributed by atoms with E-state index in [1.807, 2.05) is 0 Å². The number of halogens is 4. The van der Waals surface area contributed by atoms with Crippen molar-refractivity contribution in [2.75, 3.05) is 0 Å². The fraction of sp³-hybridized carbons (Fsp3) is 0.333. The van der Waals surface area contributed by atoms with E-state index in [9.17, 15) is 13.2 Å². The van der Waals surface area contributed by atoms with Gasteiger partial charge in [0, 0.05) is 5.02 Å². The molecular weight excluding hydrogens is 217 g/mol. The molecule has 0 aromatic heterocycles. The summed E-state index contributed by atoms with van der Waals surface area (Å²) < 4.78 is 36.2. The smallest absolute Gasteiger partial charge is 0.379 e. The van der Waals surface area contributed by atoms with Crippen LogP contribution in [0.15, 0.2) is 18.2 Å². The number of benzene rings is 1. The highest BCUT2D eigenvalue weighted by Crippen LogP contribution is 2.33. The molecule has 0 radical (unpaired) electrons. The van der Waals surface area contributed by atoms with Crippen LogP contribution >= 0.6 is 11.6 Å². The molecule has 0 aliphatic heterocycles. The van der Waals surface area contributed by atoms with Crippen LogP contribution in [0.2, 0.25) is 5.02 Å². The van der Waals surface area contributed by atoms with Gasteiger partial charge in [0.1, 0.15) is 0 Å². The van der Waals surface area contributed by atoms with Gasteiger partial charge in [-0.1, -0.05) is 23.7 Å². The first kappa shape index (κ1) is 11.3. The Hall–Kier alpha value is -0.740. The summed E-state index contributed by atoms with van der Waals surface area (Å²) in [6, 6.07) is 3.76. The van der Waals surface area contributed by atoms with Crippen LogP contribution in [-0.2, 0) is 0 Å². The summed E-state index contributed by atoms with van der Waals surface area (Å²) in [5.74, 6) is 0. The highest BCUT2D eigenvalue weighted by atomic mass is 35.5. The second-order valence-corrected chi connectivity index (χ2v) is 3.36. The van der Waals surface area contributed by atoms with E-state index in [1.54, 1.807) is 6.92 Å². The average molecular weight is 225 g/mol. The highest BCUT2D eigenvalue weighted by molar-refractivity contribution is 6.31. The van der Waals surface area contributed by atoms with Gasteiger partial charge >= 0.3 is 6.18 Å². The third kappa shape index (κ3) is 2.39. The van der Waals surface area contributed by atoms with Gasteiger partial charge in [-0.25, -0.2) is 0 Å². The molecule has 0 saturated heterocycles. The quantitative estimate of drug-likeness (QED) is 0.777. The van der Waals surface area contributed by atoms with Gasteiger partial charge in [-0.3, -0.25) is 0 Å². The monoisotopic (exact) mass is 224 g/mol. The normalized spacial score (nSPS) is 14.1. The molecule has 0 bridgehead atoms. The van der Waals surface area contributed by atoms with Crippen molar-refractivity contribution in [3.8, 4) is 0 Å². The number of alkyl halides is 3. The van der Waals surface area contributed by atoms with Crippen LogP contribution < -0.4 is 0 Å². The van der Waals surface area contributed by atoms with Crippen LogP contribution in [0.4, 0.5) is 13.2 Å². The lowest BCUT2D eigenvalue weighted by atomic mass is 10.1. The molecule has 1 N–H and O–H groups in total. The molecule has 0 fully saturated rings. The van der Waals surface area contributed by atoms with Crippen molar-refractivity contribution in [1.29, 1.82) is 0 Å². The lowest BCUT2D eigenvalue weighted by molar-refractivity contribution is -0.206. The summed E-state index contributed by atoms with van der Waals surface area (Å²) in [4.78, 5) is 0. The highest BCUT2D eigenvalue weighted by Gasteiger charge is 2.39. The number of aliphatic hydroxyl groups excluding tert-OH is 1. The van der Waals surface area contributed by atoms with E-state index in [0.29, 0.717) is 5.56 Å². The lowest BCUT2D eigenvalue weighted by Crippen LogP contribution is -2.20. The maximum absolute atomic E-state index is 12.1. The summed E-state index contributed by atoms with van der Waals surface area (Å²) in [7, 11) is 0. The summed E-state index contributed by atoms with van der Waals surface area (Å²) in [6.07, 6.45) is -7.13. The minimum Gasteiger partial charge on any atom is -0.379 e. The van der Waals surface area contributed by atoms with E-state index in [4.69, 9.17) is 16.7 Å². The SMILES string of the molecule is Cc1ccc(C(O)C(F)(F)F)cc1Cl. The van der Waals surface area contributed by atoms with Gasteiger partial charge in [0.2, 0.25) is 0 Å². The zero-order valence-corrected chi connectivity index (χ0v) is 8.02. The van der Waals surface area contributed by atoms with Gasteiger partial charge in [-0.2, -0.15) is 13.2 Å². The molecule has 1 nitrogen and oxygen atoms in total. The van der Waals surface area contributed by atoms with Gasteiger partial charge in [0.15, 0.2) is 6.10 Å². The van der Waals surface area contributed by atoms with Crippen LogP contribution in [0, 0.1) is 6.92 Å². The van der Waals surface area contributed by atoms with Gasteiger partial charge < -0.3 is 5.11 Å². The molecule has 0 amide bonds. The number of hydrogen-bond acceptors (Lipinski definition) is 1. The molecule has 5 heteroatoms. The Morgan fingerprint density at radius 1 is 1.36 bits per heavy atom. The molecule has 1 aromatic rings. The molecule has 0 spiro atoms. The Morgan fingerprint density at radius 2 is 1.93 bits per heavy atom. The van der Waals surface area contributed by atoms with Crippen LogP contribution in [-0.4, -0.2) is 11.3 Å². The second kappa shape index (κ2) is 3.79. The van der Waals surface area contributed by atoms with Crippen molar-refractivity contribution in [2.24, 2.45) is 0 Å². The number of aliphatic hydroxyl groups is 1. The third-order valence-electron chi connectivity index (χ3n) is 1.82. The number of hydrogen-bond donors (Lipinski definition) is 1. The zero-order chi connectivity index (χ0) is 10.9. The van der Waals surface area contributed by atoms with Crippen molar-refractivity contribution >= 4 is 11.6 Å². The van der Waals surface area contributed by atoms with Gasteiger partial charge in [0.25, 0.3) is 0 Å². The summed E-state index contributed by atoms with van der Waals surface area (Å²) in [6.45, 7) is 1.67. The van der Waals surface area contributed by atoms with Gasteiger partial charge in [0.05, 0.1) is 0 Å². The minimum atomic E-state index is -4.65.